The molecule has 0 aliphatic rings. The number of nitrogens with zero attached hydrogens (tertiary/aromatic N) is 2. The van der Waals surface area contributed by atoms with Gasteiger partial charge in [0, 0.05) is 53.1 Å². The Hall–Kier alpha value is -4.30. The molecule has 3 aromatic heterocycles. The third-order valence-electron chi connectivity index (χ3n) is 4.99. The Kier molecular flexibility index (Phi) is 4.08. The van der Waals surface area contributed by atoms with E-state index in [9.17, 15) is 5.26 Å². The summed E-state index contributed by atoms with van der Waals surface area (Å²) in [6, 6.07) is 20.7. The Bertz CT molecular complexity index is 1340. The van der Waals surface area contributed by atoms with Gasteiger partial charge in [-0.25, -0.2) is 0 Å². The standard InChI is InChI=1S/C24H17N5/c25-12-20-14-27-15-22(17-3-1-2-16(10-17)19-6-8-26-13-19)24(20)29-21-4-5-23-18(11-21)7-9-28-23/h1-11,13-15,26,28H,(H,27,29). The second-order valence-corrected chi connectivity index (χ2v) is 6.81. The van der Waals surface area contributed by atoms with Crippen LogP contribution in [0.4, 0.5) is 11.4 Å². The molecule has 5 heteroatoms. The second kappa shape index (κ2) is 7.02. The summed E-state index contributed by atoms with van der Waals surface area (Å²) < 4.78 is 0. The van der Waals surface area contributed by atoms with Crippen molar-refractivity contribution in [2.45, 2.75) is 0 Å². The molecular formula is C24H17N5. The van der Waals surface area contributed by atoms with Gasteiger partial charge in [0.05, 0.1) is 11.3 Å². The van der Waals surface area contributed by atoms with E-state index in [1.807, 2.05) is 55.0 Å². The first-order chi connectivity index (χ1) is 14.3. The highest BCUT2D eigenvalue weighted by molar-refractivity contribution is 5.89. The van der Waals surface area contributed by atoms with E-state index in [-0.39, 0.29) is 0 Å². The smallest absolute Gasteiger partial charge is 0.103 e. The lowest BCUT2D eigenvalue weighted by Gasteiger charge is -2.14. The Morgan fingerprint density at radius 3 is 2.69 bits per heavy atom. The molecule has 29 heavy (non-hydrogen) atoms. The van der Waals surface area contributed by atoms with E-state index < -0.39 is 0 Å². The zero-order chi connectivity index (χ0) is 19.6. The summed E-state index contributed by atoms with van der Waals surface area (Å²) in [5.74, 6) is 0. The summed E-state index contributed by atoms with van der Waals surface area (Å²) >= 11 is 0. The van der Waals surface area contributed by atoms with Crippen LogP contribution in [0.2, 0.25) is 0 Å². The van der Waals surface area contributed by atoms with E-state index in [1.165, 1.54) is 0 Å². The molecule has 5 rings (SSSR count). The summed E-state index contributed by atoms with van der Waals surface area (Å²) in [6.07, 6.45) is 9.18. The molecule has 3 heterocycles. The number of pyridine rings is 1. The van der Waals surface area contributed by atoms with Gasteiger partial charge >= 0.3 is 0 Å². The van der Waals surface area contributed by atoms with Crippen LogP contribution in [0.1, 0.15) is 5.56 Å². The number of nitriles is 1. The molecule has 5 nitrogen and oxygen atoms in total. The number of aromatic amines is 2. The quantitative estimate of drug-likeness (QED) is 0.369. The van der Waals surface area contributed by atoms with Crippen LogP contribution >= 0.6 is 0 Å². The molecular weight excluding hydrogens is 358 g/mol. The first-order valence-corrected chi connectivity index (χ1v) is 9.28. The molecule has 0 saturated carbocycles. The van der Waals surface area contributed by atoms with Crippen LogP contribution in [-0.2, 0) is 0 Å². The summed E-state index contributed by atoms with van der Waals surface area (Å²) in [5.41, 5.74) is 7.35. The summed E-state index contributed by atoms with van der Waals surface area (Å²) in [6.45, 7) is 0. The van der Waals surface area contributed by atoms with Crippen LogP contribution in [0.5, 0.6) is 0 Å². The van der Waals surface area contributed by atoms with Gasteiger partial charge in [0.25, 0.3) is 0 Å². The lowest BCUT2D eigenvalue weighted by Crippen LogP contribution is -1.98. The van der Waals surface area contributed by atoms with Gasteiger partial charge in [-0.3, -0.25) is 4.98 Å². The van der Waals surface area contributed by atoms with Gasteiger partial charge in [0.15, 0.2) is 0 Å². The van der Waals surface area contributed by atoms with Crippen molar-refractivity contribution in [3.05, 3.63) is 91.1 Å². The van der Waals surface area contributed by atoms with Crippen LogP contribution in [0.3, 0.4) is 0 Å². The van der Waals surface area contributed by atoms with Crippen LogP contribution in [0.15, 0.2) is 85.6 Å². The van der Waals surface area contributed by atoms with Crippen molar-refractivity contribution in [2.75, 3.05) is 5.32 Å². The van der Waals surface area contributed by atoms with Gasteiger partial charge in [0.1, 0.15) is 6.07 Å². The minimum atomic E-state index is 0.503. The predicted octanol–water partition coefficient (Wildman–Crippen LogP) is 5.84. The maximum absolute atomic E-state index is 9.67. The van der Waals surface area contributed by atoms with Crippen molar-refractivity contribution in [3.8, 4) is 28.3 Å². The molecule has 0 aliphatic carbocycles. The van der Waals surface area contributed by atoms with Gasteiger partial charge < -0.3 is 15.3 Å². The molecule has 0 aliphatic heterocycles. The fourth-order valence-electron chi connectivity index (χ4n) is 3.54. The SMILES string of the molecule is N#Cc1cncc(-c2cccc(-c3cc[nH]c3)c2)c1Nc1ccc2[nH]ccc2c1. The van der Waals surface area contributed by atoms with E-state index >= 15 is 0 Å². The number of rotatable bonds is 4. The van der Waals surface area contributed by atoms with Gasteiger partial charge in [0.2, 0.25) is 0 Å². The van der Waals surface area contributed by atoms with Crippen molar-refractivity contribution < 1.29 is 0 Å². The van der Waals surface area contributed by atoms with E-state index in [2.05, 4.69) is 44.5 Å². The lowest BCUT2D eigenvalue weighted by atomic mass is 9.99. The highest BCUT2D eigenvalue weighted by Crippen LogP contribution is 2.35. The van der Waals surface area contributed by atoms with Crippen molar-refractivity contribution in [3.63, 3.8) is 0 Å². The number of nitrogens with one attached hydrogen (secondary N) is 3. The largest absolute Gasteiger partial charge is 0.367 e. The molecule has 0 atom stereocenters. The molecule has 0 saturated heterocycles. The summed E-state index contributed by atoms with van der Waals surface area (Å²) in [7, 11) is 0. The van der Waals surface area contributed by atoms with Gasteiger partial charge in [-0.2, -0.15) is 5.26 Å². The monoisotopic (exact) mass is 375 g/mol. The number of aromatic nitrogens is 3. The van der Waals surface area contributed by atoms with Crippen LogP contribution in [0, 0.1) is 11.3 Å². The Morgan fingerprint density at radius 2 is 1.83 bits per heavy atom. The summed E-state index contributed by atoms with van der Waals surface area (Å²) in [4.78, 5) is 10.6. The third-order valence-corrected chi connectivity index (χ3v) is 4.99. The predicted molar refractivity (Wildman–Crippen MR) is 116 cm³/mol. The number of benzene rings is 2. The van der Waals surface area contributed by atoms with Crippen molar-refractivity contribution in [1.29, 1.82) is 5.26 Å². The van der Waals surface area contributed by atoms with Gasteiger partial charge in [-0.1, -0.05) is 18.2 Å². The van der Waals surface area contributed by atoms with Crippen LogP contribution < -0.4 is 5.32 Å². The molecule has 0 unspecified atom stereocenters. The lowest BCUT2D eigenvalue weighted by molar-refractivity contribution is 1.30. The molecule has 5 aromatic rings. The Labute approximate surface area is 167 Å². The topological polar surface area (TPSA) is 80.3 Å². The van der Waals surface area contributed by atoms with E-state index in [1.54, 1.807) is 12.4 Å². The van der Waals surface area contributed by atoms with Crippen molar-refractivity contribution in [2.24, 2.45) is 0 Å². The molecule has 138 valence electrons. The Balaban J connectivity index is 1.61. The van der Waals surface area contributed by atoms with E-state index in [0.717, 1.165) is 44.5 Å². The van der Waals surface area contributed by atoms with Crippen molar-refractivity contribution >= 4 is 22.3 Å². The second-order valence-electron chi connectivity index (χ2n) is 6.81. The number of anilines is 2. The molecule has 0 radical (unpaired) electrons. The number of fused-ring (bicyclic) bond motifs is 1. The summed E-state index contributed by atoms with van der Waals surface area (Å²) in [5, 5.41) is 14.2. The first-order valence-electron chi connectivity index (χ1n) is 9.28. The third kappa shape index (κ3) is 3.13. The Morgan fingerprint density at radius 1 is 0.897 bits per heavy atom. The molecule has 0 amide bonds. The minimum Gasteiger partial charge on any atom is -0.367 e. The highest BCUT2D eigenvalue weighted by atomic mass is 14.9. The van der Waals surface area contributed by atoms with Crippen molar-refractivity contribution in [1.82, 2.24) is 15.0 Å². The zero-order valence-electron chi connectivity index (χ0n) is 15.5. The fourth-order valence-corrected chi connectivity index (χ4v) is 3.54. The van der Waals surface area contributed by atoms with Crippen LogP contribution in [-0.4, -0.2) is 15.0 Å². The number of hydrogen-bond acceptors (Lipinski definition) is 3. The average molecular weight is 375 g/mol. The maximum Gasteiger partial charge on any atom is 0.103 e. The van der Waals surface area contributed by atoms with E-state index in [4.69, 9.17) is 0 Å². The molecule has 0 bridgehead atoms. The number of H-pyrrole nitrogens is 2. The molecule has 0 spiro atoms. The average Bonchev–Trinajstić information content (AvgIpc) is 3.46. The fraction of sp³-hybridized carbons (Fsp3) is 0. The van der Waals surface area contributed by atoms with Crippen LogP contribution in [0.25, 0.3) is 33.2 Å². The van der Waals surface area contributed by atoms with Gasteiger partial charge in [-0.15, -0.1) is 0 Å². The van der Waals surface area contributed by atoms with E-state index in [0.29, 0.717) is 5.56 Å². The maximum atomic E-state index is 9.67. The normalized spacial score (nSPS) is 10.7. The zero-order valence-corrected chi connectivity index (χ0v) is 15.5. The molecule has 2 aromatic carbocycles. The minimum absolute atomic E-state index is 0.503. The molecule has 3 N–H and O–H groups in total. The first kappa shape index (κ1) is 16.8. The number of hydrogen-bond donors (Lipinski definition) is 3. The molecule has 0 fully saturated rings. The highest BCUT2D eigenvalue weighted by Gasteiger charge is 2.13. The van der Waals surface area contributed by atoms with Gasteiger partial charge in [-0.05, 0) is 53.1 Å².